The lowest BCUT2D eigenvalue weighted by atomic mass is 10.2. The lowest BCUT2D eigenvalue weighted by Gasteiger charge is -2.32. The molecule has 0 aromatic rings. The SMILES string of the molecule is CC(C)(C)OC(=O)N1CC(=O)NC(C(=O)O)C1. The minimum absolute atomic E-state index is 0.0873. The van der Waals surface area contributed by atoms with Crippen LogP contribution in [0.4, 0.5) is 4.79 Å². The van der Waals surface area contributed by atoms with Crippen molar-refractivity contribution in [2.75, 3.05) is 13.1 Å². The lowest BCUT2D eigenvalue weighted by molar-refractivity contribution is -0.144. The highest BCUT2D eigenvalue weighted by Crippen LogP contribution is 2.11. The molecule has 17 heavy (non-hydrogen) atoms. The van der Waals surface area contributed by atoms with Gasteiger partial charge in [0.2, 0.25) is 5.91 Å². The van der Waals surface area contributed by atoms with Crippen LogP contribution in [0.3, 0.4) is 0 Å². The molecule has 7 heteroatoms. The number of nitrogens with zero attached hydrogens (tertiary/aromatic N) is 1. The van der Waals surface area contributed by atoms with Crippen molar-refractivity contribution in [2.45, 2.75) is 32.4 Å². The highest BCUT2D eigenvalue weighted by molar-refractivity contribution is 5.89. The second-order valence-corrected chi connectivity index (χ2v) is 4.82. The molecule has 96 valence electrons. The molecule has 0 saturated carbocycles. The molecule has 7 nitrogen and oxygen atoms in total. The number of carboxylic acid groups (broad SMARTS) is 1. The Hall–Kier alpha value is -1.79. The molecule has 1 saturated heterocycles. The lowest BCUT2D eigenvalue weighted by Crippen LogP contribution is -2.59. The maximum atomic E-state index is 11.7. The zero-order valence-corrected chi connectivity index (χ0v) is 10.0. The number of piperazine rings is 1. The normalized spacial score (nSPS) is 20.8. The zero-order valence-electron chi connectivity index (χ0n) is 10.0. The Morgan fingerprint density at radius 1 is 1.47 bits per heavy atom. The van der Waals surface area contributed by atoms with E-state index in [1.165, 1.54) is 0 Å². The van der Waals surface area contributed by atoms with Crippen molar-refractivity contribution in [3.63, 3.8) is 0 Å². The van der Waals surface area contributed by atoms with Gasteiger partial charge in [0.15, 0.2) is 0 Å². The van der Waals surface area contributed by atoms with Gasteiger partial charge in [-0.2, -0.15) is 0 Å². The van der Waals surface area contributed by atoms with E-state index in [2.05, 4.69) is 5.32 Å². The number of aliphatic carboxylic acids is 1. The van der Waals surface area contributed by atoms with Crippen LogP contribution in [0.25, 0.3) is 0 Å². The van der Waals surface area contributed by atoms with Crippen LogP contribution in [0.1, 0.15) is 20.8 Å². The predicted molar refractivity (Wildman–Crippen MR) is 57.4 cm³/mol. The first-order valence-electron chi connectivity index (χ1n) is 5.19. The summed E-state index contributed by atoms with van der Waals surface area (Å²) >= 11 is 0. The topological polar surface area (TPSA) is 95.9 Å². The largest absolute Gasteiger partial charge is 0.480 e. The number of nitrogens with one attached hydrogen (secondary N) is 1. The molecule has 1 aliphatic heterocycles. The van der Waals surface area contributed by atoms with Gasteiger partial charge in [0.05, 0.1) is 6.54 Å². The highest BCUT2D eigenvalue weighted by atomic mass is 16.6. The Bertz CT molecular complexity index is 347. The number of ether oxygens (including phenoxy) is 1. The monoisotopic (exact) mass is 244 g/mol. The molecule has 2 N–H and O–H groups in total. The summed E-state index contributed by atoms with van der Waals surface area (Å²) < 4.78 is 5.07. The summed E-state index contributed by atoms with van der Waals surface area (Å²) in [6.45, 7) is 4.82. The van der Waals surface area contributed by atoms with Crippen LogP contribution in [-0.2, 0) is 14.3 Å². The van der Waals surface area contributed by atoms with Crippen LogP contribution < -0.4 is 5.32 Å². The molecule has 1 unspecified atom stereocenters. The Morgan fingerprint density at radius 3 is 2.53 bits per heavy atom. The number of carbonyl (C=O) groups is 3. The standard InChI is InChI=1S/C10H16N2O5/c1-10(2,3)17-9(16)12-4-6(8(14)15)11-7(13)5-12/h6H,4-5H2,1-3H3,(H,11,13)(H,14,15). The van der Waals surface area contributed by atoms with Crippen molar-refractivity contribution in [3.8, 4) is 0 Å². The van der Waals surface area contributed by atoms with Crippen LogP contribution in [0.2, 0.25) is 0 Å². The van der Waals surface area contributed by atoms with Gasteiger partial charge in [0.25, 0.3) is 0 Å². The fraction of sp³-hybridized carbons (Fsp3) is 0.700. The van der Waals surface area contributed by atoms with Crippen LogP contribution in [0, 0.1) is 0 Å². The number of carboxylic acids is 1. The molecule has 0 aliphatic carbocycles. The first-order valence-corrected chi connectivity index (χ1v) is 5.19. The number of rotatable bonds is 1. The minimum atomic E-state index is -1.17. The maximum absolute atomic E-state index is 11.7. The number of hydrogen-bond acceptors (Lipinski definition) is 4. The Labute approximate surface area is 98.7 Å². The molecule has 1 aliphatic rings. The van der Waals surface area contributed by atoms with E-state index in [0.717, 1.165) is 4.90 Å². The van der Waals surface area contributed by atoms with E-state index in [-0.39, 0.29) is 13.1 Å². The second-order valence-electron chi connectivity index (χ2n) is 4.82. The third-order valence-electron chi connectivity index (χ3n) is 2.02. The first kappa shape index (κ1) is 13.3. The van der Waals surface area contributed by atoms with E-state index in [1.807, 2.05) is 0 Å². The average Bonchev–Trinajstić information content (AvgIpc) is 2.13. The summed E-state index contributed by atoms with van der Waals surface area (Å²) in [6, 6.07) is -1.08. The second kappa shape index (κ2) is 4.60. The van der Waals surface area contributed by atoms with Gasteiger partial charge in [-0.1, -0.05) is 0 Å². The van der Waals surface area contributed by atoms with Gasteiger partial charge in [-0.3, -0.25) is 9.69 Å². The van der Waals surface area contributed by atoms with E-state index in [4.69, 9.17) is 9.84 Å². The van der Waals surface area contributed by atoms with Gasteiger partial charge < -0.3 is 15.2 Å². The van der Waals surface area contributed by atoms with Gasteiger partial charge in [-0.15, -0.1) is 0 Å². The molecule has 0 bridgehead atoms. The Kier molecular flexibility index (Phi) is 3.59. The van der Waals surface area contributed by atoms with Gasteiger partial charge in [0.1, 0.15) is 18.2 Å². The third kappa shape index (κ3) is 3.93. The van der Waals surface area contributed by atoms with E-state index in [0.29, 0.717) is 0 Å². The van der Waals surface area contributed by atoms with Crippen LogP contribution in [-0.4, -0.2) is 52.7 Å². The van der Waals surface area contributed by atoms with Gasteiger partial charge >= 0.3 is 12.1 Å². The Morgan fingerprint density at radius 2 is 2.06 bits per heavy atom. The summed E-state index contributed by atoms with van der Waals surface area (Å²) in [5.74, 6) is -1.68. The molecule has 1 heterocycles. The van der Waals surface area contributed by atoms with E-state index in [9.17, 15) is 14.4 Å². The first-order chi connectivity index (χ1) is 7.69. The quantitative estimate of drug-likeness (QED) is 0.666. The molecule has 0 aromatic heterocycles. The molecule has 1 atom stereocenters. The maximum Gasteiger partial charge on any atom is 0.410 e. The van der Waals surface area contributed by atoms with Crippen molar-refractivity contribution in [1.29, 1.82) is 0 Å². The zero-order chi connectivity index (χ0) is 13.2. The molecule has 0 aromatic carbocycles. The number of carbonyl (C=O) groups excluding carboxylic acids is 2. The molecule has 2 amide bonds. The molecular formula is C10H16N2O5. The van der Waals surface area contributed by atoms with E-state index >= 15 is 0 Å². The Balaban J connectivity index is 2.67. The minimum Gasteiger partial charge on any atom is -0.480 e. The van der Waals surface area contributed by atoms with Crippen molar-refractivity contribution >= 4 is 18.0 Å². The fourth-order valence-electron chi connectivity index (χ4n) is 1.35. The predicted octanol–water partition coefficient (Wildman–Crippen LogP) is -0.194. The van der Waals surface area contributed by atoms with Crippen molar-refractivity contribution in [2.24, 2.45) is 0 Å². The van der Waals surface area contributed by atoms with Crippen LogP contribution in [0.5, 0.6) is 0 Å². The third-order valence-corrected chi connectivity index (χ3v) is 2.02. The van der Waals surface area contributed by atoms with Crippen LogP contribution >= 0.6 is 0 Å². The summed E-state index contributed by atoms with van der Waals surface area (Å²) in [7, 11) is 0. The number of amides is 2. The molecule has 1 fully saturated rings. The van der Waals surface area contributed by atoms with Crippen molar-refractivity contribution in [3.05, 3.63) is 0 Å². The summed E-state index contributed by atoms with van der Waals surface area (Å²) in [5, 5.41) is 11.1. The summed E-state index contributed by atoms with van der Waals surface area (Å²) in [5.41, 5.74) is -0.677. The van der Waals surface area contributed by atoms with Gasteiger partial charge in [-0.05, 0) is 20.8 Å². The average molecular weight is 244 g/mol. The molecule has 0 radical (unpaired) electrons. The number of hydrogen-bond donors (Lipinski definition) is 2. The molecule has 1 rings (SSSR count). The van der Waals surface area contributed by atoms with E-state index < -0.39 is 29.6 Å². The highest BCUT2D eigenvalue weighted by Gasteiger charge is 2.34. The van der Waals surface area contributed by atoms with Crippen LogP contribution in [0.15, 0.2) is 0 Å². The van der Waals surface area contributed by atoms with E-state index in [1.54, 1.807) is 20.8 Å². The molecule has 0 spiro atoms. The molecular weight excluding hydrogens is 228 g/mol. The van der Waals surface area contributed by atoms with Gasteiger partial charge in [-0.25, -0.2) is 9.59 Å². The summed E-state index contributed by atoms with van der Waals surface area (Å²) in [6.07, 6.45) is -0.682. The van der Waals surface area contributed by atoms with Gasteiger partial charge in [0, 0.05) is 0 Å². The smallest absolute Gasteiger partial charge is 0.410 e. The van der Waals surface area contributed by atoms with Crippen molar-refractivity contribution < 1.29 is 24.2 Å². The summed E-state index contributed by atoms with van der Waals surface area (Å²) in [4.78, 5) is 34.7. The fourth-order valence-corrected chi connectivity index (χ4v) is 1.35. The van der Waals surface area contributed by atoms with Crippen molar-refractivity contribution in [1.82, 2.24) is 10.2 Å².